The first-order valence-electron chi connectivity index (χ1n) is 11.0. The minimum Gasteiger partial charge on any atom is -0.325 e. The van der Waals surface area contributed by atoms with E-state index in [-0.39, 0.29) is 30.0 Å². The zero-order valence-electron chi connectivity index (χ0n) is 18.5. The standard InChI is InChI=1S/C26H22ClN3O3S/c1-2-17-7-11-19(12-8-17)28-23(31)15-29-22-6-4-3-5-21(22)26(25(29)33)30(24(32)16-34-26)20-13-9-18(27)10-14-20/h3-14H,2,15-16H2,1H3,(H,28,31)/t26-/m0/s1. The third-order valence-electron chi connectivity index (χ3n) is 6.10. The zero-order chi connectivity index (χ0) is 23.9. The lowest BCUT2D eigenvalue weighted by atomic mass is 10.0. The van der Waals surface area contributed by atoms with Crippen LogP contribution in [0, 0.1) is 0 Å². The summed E-state index contributed by atoms with van der Waals surface area (Å²) in [6, 6.07) is 21.8. The molecule has 34 heavy (non-hydrogen) atoms. The molecular weight excluding hydrogens is 470 g/mol. The number of amides is 3. The largest absolute Gasteiger partial charge is 0.325 e. The van der Waals surface area contributed by atoms with Crippen molar-refractivity contribution < 1.29 is 14.4 Å². The molecular formula is C26H22ClN3O3S. The van der Waals surface area contributed by atoms with Gasteiger partial charge in [0.1, 0.15) is 6.54 Å². The molecule has 2 aliphatic heterocycles. The second kappa shape index (κ2) is 8.81. The van der Waals surface area contributed by atoms with Crippen LogP contribution in [0.5, 0.6) is 0 Å². The molecule has 2 aliphatic rings. The Labute approximate surface area is 206 Å². The first-order chi connectivity index (χ1) is 16.4. The molecule has 0 aromatic heterocycles. The number of carbonyl (C=O) groups excluding carboxylic acids is 3. The van der Waals surface area contributed by atoms with Crippen LogP contribution in [0.15, 0.2) is 72.8 Å². The molecule has 0 saturated carbocycles. The molecule has 0 unspecified atom stereocenters. The van der Waals surface area contributed by atoms with Crippen molar-refractivity contribution in [3.63, 3.8) is 0 Å². The van der Waals surface area contributed by atoms with E-state index in [1.807, 2.05) is 48.5 Å². The van der Waals surface area contributed by atoms with Crippen LogP contribution in [0.3, 0.4) is 0 Å². The minimum absolute atomic E-state index is 0.156. The van der Waals surface area contributed by atoms with E-state index < -0.39 is 4.87 Å². The van der Waals surface area contributed by atoms with Crippen molar-refractivity contribution in [2.24, 2.45) is 0 Å². The molecule has 3 aromatic rings. The fourth-order valence-electron chi connectivity index (χ4n) is 4.47. The summed E-state index contributed by atoms with van der Waals surface area (Å²) in [4.78, 5) is 41.7. The number of rotatable bonds is 5. The maximum Gasteiger partial charge on any atom is 0.269 e. The van der Waals surface area contributed by atoms with E-state index in [1.165, 1.54) is 27.1 Å². The highest BCUT2D eigenvalue weighted by Crippen LogP contribution is 2.55. The smallest absolute Gasteiger partial charge is 0.269 e. The van der Waals surface area contributed by atoms with Gasteiger partial charge in [-0.3, -0.25) is 24.2 Å². The van der Waals surface area contributed by atoms with Gasteiger partial charge in [-0.05, 0) is 54.4 Å². The number of anilines is 3. The first-order valence-corrected chi connectivity index (χ1v) is 12.3. The Morgan fingerprint density at radius 1 is 1.03 bits per heavy atom. The molecule has 1 saturated heterocycles. The predicted octanol–water partition coefficient (Wildman–Crippen LogP) is 4.82. The van der Waals surface area contributed by atoms with E-state index >= 15 is 0 Å². The molecule has 3 amide bonds. The summed E-state index contributed by atoms with van der Waals surface area (Å²) in [5.74, 6) is -0.627. The summed E-state index contributed by atoms with van der Waals surface area (Å²) in [6.07, 6.45) is 0.913. The first kappa shape index (κ1) is 22.5. The Morgan fingerprint density at radius 2 is 1.74 bits per heavy atom. The molecule has 1 N–H and O–H groups in total. The number of hydrogen-bond acceptors (Lipinski definition) is 4. The number of nitrogens with zero attached hydrogens (tertiary/aromatic N) is 2. The number of thioether (sulfide) groups is 1. The number of benzene rings is 3. The molecule has 3 aromatic carbocycles. The lowest BCUT2D eigenvalue weighted by Gasteiger charge is -2.33. The molecule has 5 rings (SSSR count). The molecule has 1 spiro atoms. The van der Waals surface area contributed by atoms with Crippen LogP contribution in [0.4, 0.5) is 17.1 Å². The Balaban J connectivity index is 1.48. The van der Waals surface area contributed by atoms with E-state index in [9.17, 15) is 14.4 Å². The van der Waals surface area contributed by atoms with E-state index in [1.54, 1.807) is 24.3 Å². The van der Waals surface area contributed by atoms with Crippen molar-refractivity contribution in [1.82, 2.24) is 0 Å². The van der Waals surface area contributed by atoms with Crippen LogP contribution in [0.2, 0.25) is 5.02 Å². The third kappa shape index (κ3) is 3.65. The quantitative estimate of drug-likeness (QED) is 0.555. The second-order valence-corrected chi connectivity index (χ2v) is 9.75. The van der Waals surface area contributed by atoms with Crippen molar-refractivity contribution in [3.8, 4) is 0 Å². The summed E-state index contributed by atoms with van der Waals surface area (Å²) >= 11 is 7.33. The van der Waals surface area contributed by atoms with Gasteiger partial charge in [0.15, 0.2) is 0 Å². The lowest BCUT2D eigenvalue weighted by Crippen LogP contribution is -2.50. The van der Waals surface area contributed by atoms with Gasteiger partial charge in [0.2, 0.25) is 16.7 Å². The SMILES string of the molecule is CCc1ccc(NC(=O)CN2C(=O)[C@@]3(SCC(=O)N3c3ccc(Cl)cc3)c3ccccc32)cc1. The summed E-state index contributed by atoms with van der Waals surface area (Å²) in [5.41, 5.74) is 3.76. The molecule has 0 aliphatic carbocycles. The average molecular weight is 492 g/mol. The molecule has 172 valence electrons. The van der Waals surface area contributed by atoms with E-state index in [2.05, 4.69) is 12.2 Å². The Morgan fingerprint density at radius 3 is 2.44 bits per heavy atom. The number of hydrogen-bond donors (Lipinski definition) is 1. The van der Waals surface area contributed by atoms with Crippen molar-refractivity contribution in [1.29, 1.82) is 0 Å². The van der Waals surface area contributed by atoms with Gasteiger partial charge in [-0.2, -0.15) is 0 Å². The van der Waals surface area contributed by atoms with Crippen molar-refractivity contribution >= 4 is 58.1 Å². The van der Waals surface area contributed by atoms with Crippen LogP contribution in [-0.4, -0.2) is 30.0 Å². The van der Waals surface area contributed by atoms with Crippen LogP contribution in [-0.2, 0) is 25.7 Å². The zero-order valence-corrected chi connectivity index (χ0v) is 20.0. The summed E-state index contributed by atoms with van der Waals surface area (Å²) < 4.78 is 0. The van der Waals surface area contributed by atoms with Crippen LogP contribution < -0.4 is 15.1 Å². The lowest BCUT2D eigenvalue weighted by molar-refractivity contribution is -0.124. The van der Waals surface area contributed by atoms with E-state index in [0.29, 0.717) is 27.6 Å². The van der Waals surface area contributed by atoms with Crippen molar-refractivity contribution in [2.75, 3.05) is 27.4 Å². The fourth-order valence-corrected chi connectivity index (χ4v) is 5.96. The topological polar surface area (TPSA) is 69.7 Å². The molecule has 6 nitrogen and oxygen atoms in total. The molecule has 0 radical (unpaired) electrons. The second-order valence-electron chi connectivity index (χ2n) is 8.15. The molecule has 2 heterocycles. The van der Waals surface area contributed by atoms with E-state index in [4.69, 9.17) is 11.6 Å². The molecule has 1 atom stereocenters. The number of fused-ring (bicyclic) bond motifs is 2. The van der Waals surface area contributed by atoms with Gasteiger partial charge in [0, 0.05) is 22.0 Å². The highest BCUT2D eigenvalue weighted by Gasteiger charge is 2.61. The average Bonchev–Trinajstić information content (AvgIpc) is 3.31. The van der Waals surface area contributed by atoms with Crippen molar-refractivity contribution in [2.45, 2.75) is 18.2 Å². The van der Waals surface area contributed by atoms with Crippen LogP contribution in [0.1, 0.15) is 18.1 Å². The fraction of sp³-hybridized carbons (Fsp3) is 0.192. The normalized spacial score (nSPS) is 19.1. The van der Waals surface area contributed by atoms with Crippen molar-refractivity contribution in [3.05, 3.63) is 88.9 Å². The number of carbonyl (C=O) groups is 3. The third-order valence-corrected chi connectivity index (χ3v) is 7.73. The number of halogens is 1. The minimum atomic E-state index is -1.26. The monoisotopic (exact) mass is 491 g/mol. The molecule has 1 fully saturated rings. The summed E-state index contributed by atoms with van der Waals surface area (Å²) in [7, 11) is 0. The maximum absolute atomic E-state index is 14.0. The van der Waals surface area contributed by atoms with Gasteiger partial charge in [-0.1, -0.05) is 48.9 Å². The predicted molar refractivity (Wildman–Crippen MR) is 136 cm³/mol. The maximum atomic E-state index is 14.0. The van der Waals surface area contributed by atoms with Gasteiger partial charge < -0.3 is 5.32 Å². The Bertz CT molecular complexity index is 1280. The number of nitrogens with one attached hydrogen (secondary N) is 1. The van der Waals surface area contributed by atoms with Crippen LogP contribution >= 0.6 is 23.4 Å². The van der Waals surface area contributed by atoms with Gasteiger partial charge >= 0.3 is 0 Å². The van der Waals surface area contributed by atoms with Crippen LogP contribution in [0.25, 0.3) is 0 Å². The van der Waals surface area contributed by atoms with Gasteiger partial charge in [-0.15, -0.1) is 11.8 Å². The van der Waals surface area contributed by atoms with Gasteiger partial charge in [0.05, 0.1) is 11.4 Å². The number of para-hydroxylation sites is 1. The van der Waals surface area contributed by atoms with Gasteiger partial charge in [0.25, 0.3) is 5.91 Å². The highest BCUT2D eigenvalue weighted by atomic mass is 35.5. The summed E-state index contributed by atoms with van der Waals surface area (Å²) in [6.45, 7) is 1.91. The highest BCUT2D eigenvalue weighted by molar-refractivity contribution is 8.02. The van der Waals surface area contributed by atoms with Gasteiger partial charge in [-0.25, -0.2) is 0 Å². The number of aryl methyl sites for hydroxylation is 1. The molecule has 8 heteroatoms. The van der Waals surface area contributed by atoms with E-state index in [0.717, 1.165) is 6.42 Å². The Hall–Kier alpha value is -3.29. The summed E-state index contributed by atoms with van der Waals surface area (Å²) in [5, 5.41) is 3.42. The molecule has 0 bridgehead atoms. The Kier molecular flexibility index (Phi) is 5.83.